The van der Waals surface area contributed by atoms with Crippen LogP contribution >= 0.6 is 11.3 Å². The first-order valence-corrected chi connectivity index (χ1v) is 10.9. The second-order valence-electron chi connectivity index (χ2n) is 6.79. The Morgan fingerprint density at radius 1 is 1.13 bits per heavy atom. The van der Waals surface area contributed by atoms with Crippen molar-refractivity contribution in [2.75, 3.05) is 26.9 Å². The summed E-state index contributed by atoms with van der Waals surface area (Å²) in [4.78, 5) is 17.9. The number of carbonyl (C=O) groups excluding carboxylic acids is 1. The highest BCUT2D eigenvalue weighted by Crippen LogP contribution is 2.24. The number of fused-ring (bicyclic) bond motifs is 1. The SMILES string of the molecule is CCOCCn1c(=NC(=O)Cc2cc(C)ccc2OC)sc2cc(OCC)ccc21. The van der Waals surface area contributed by atoms with Gasteiger partial charge in [0.1, 0.15) is 11.5 Å². The normalized spacial score (nSPS) is 11.8. The summed E-state index contributed by atoms with van der Waals surface area (Å²) < 4.78 is 19.6. The number of hydrogen-bond donors (Lipinski definition) is 0. The number of carbonyl (C=O) groups is 1. The van der Waals surface area contributed by atoms with Gasteiger partial charge in [-0.3, -0.25) is 4.79 Å². The largest absolute Gasteiger partial charge is 0.496 e. The third kappa shape index (κ3) is 5.29. The van der Waals surface area contributed by atoms with Crippen LogP contribution in [-0.4, -0.2) is 37.4 Å². The Morgan fingerprint density at radius 3 is 2.70 bits per heavy atom. The highest BCUT2D eigenvalue weighted by Gasteiger charge is 2.12. The van der Waals surface area contributed by atoms with Crippen LogP contribution in [0.2, 0.25) is 0 Å². The number of nitrogens with zero attached hydrogens (tertiary/aromatic N) is 2. The van der Waals surface area contributed by atoms with E-state index in [0.29, 0.717) is 36.9 Å². The highest BCUT2D eigenvalue weighted by atomic mass is 32.1. The summed E-state index contributed by atoms with van der Waals surface area (Å²) in [6.07, 6.45) is 0.189. The summed E-state index contributed by atoms with van der Waals surface area (Å²) in [5.41, 5.74) is 2.94. The van der Waals surface area contributed by atoms with Crippen molar-refractivity contribution >= 4 is 27.5 Å². The maximum atomic E-state index is 12.8. The Bertz CT molecular complexity index is 1080. The Hall–Kier alpha value is -2.64. The molecule has 1 amide bonds. The Morgan fingerprint density at radius 2 is 1.97 bits per heavy atom. The minimum atomic E-state index is -0.208. The summed E-state index contributed by atoms with van der Waals surface area (Å²) >= 11 is 1.48. The monoisotopic (exact) mass is 428 g/mol. The van der Waals surface area contributed by atoms with E-state index in [9.17, 15) is 4.79 Å². The van der Waals surface area contributed by atoms with E-state index in [2.05, 4.69) is 4.99 Å². The molecule has 0 aliphatic carbocycles. The first kappa shape index (κ1) is 22.1. The zero-order valence-electron chi connectivity index (χ0n) is 17.9. The van der Waals surface area contributed by atoms with E-state index in [1.54, 1.807) is 7.11 Å². The first-order valence-electron chi connectivity index (χ1n) is 10.1. The molecule has 0 saturated carbocycles. The molecule has 3 aromatic rings. The van der Waals surface area contributed by atoms with Gasteiger partial charge in [-0.2, -0.15) is 4.99 Å². The van der Waals surface area contributed by atoms with Crippen LogP contribution in [0.5, 0.6) is 11.5 Å². The van der Waals surface area contributed by atoms with Crippen LogP contribution in [-0.2, 0) is 22.5 Å². The summed E-state index contributed by atoms with van der Waals surface area (Å²) in [7, 11) is 1.61. The van der Waals surface area contributed by atoms with E-state index in [0.717, 1.165) is 27.1 Å². The first-order chi connectivity index (χ1) is 14.5. The summed E-state index contributed by atoms with van der Waals surface area (Å²) in [5.74, 6) is 1.30. The molecule has 0 N–H and O–H groups in total. The maximum Gasteiger partial charge on any atom is 0.252 e. The van der Waals surface area contributed by atoms with Crippen LogP contribution in [0, 0.1) is 6.92 Å². The Labute approximate surface area is 180 Å². The van der Waals surface area contributed by atoms with E-state index >= 15 is 0 Å². The molecule has 3 rings (SSSR count). The fraction of sp³-hybridized carbons (Fsp3) is 0.391. The van der Waals surface area contributed by atoms with Crippen LogP contribution in [0.4, 0.5) is 0 Å². The predicted octanol–water partition coefficient (Wildman–Crippen LogP) is 4.13. The summed E-state index contributed by atoms with van der Waals surface area (Å²) in [6.45, 7) is 8.36. The Kier molecular flexibility index (Phi) is 7.65. The molecule has 0 radical (unpaired) electrons. The van der Waals surface area contributed by atoms with E-state index in [-0.39, 0.29) is 12.3 Å². The standard InChI is InChI=1S/C23H28N2O4S/c1-5-28-12-11-25-19-9-8-18(29-6-2)15-21(19)30-23(25)24-22(26)14-17-13-16(3)7-10-20(17)27-4/h7-10,13,15H,5-6,11-12,14H2,1-4H3. The number of aromatic nitrogens is 1. The van der Waals surface area contributed by atoms with Crippen molar-refractivity contribution in [2.45, 2.75) is 33.7 Å². The second kappa shape index (κ2) is 10.4. The van der Waals surface area contributed by atoms with Gasteiger partial charge in [0.05, 0.1) is 37.0 Å². The van der Waals surface area contributed by atoms with Gasteiger partial charge >= 0.3 is 0 Å². The van der Waals surface area contributed by atoms with Gasteiger partial charge in [-0.05, 0) is 45.0 Å². The van der Waals surface area contributed by atoms with Gasteiger partial charge in [0.25, 0.3) is 5.91 Å². The molecule has 0 unspecified atom stereocenters. The number of methoxy groups -OCH3 is 1. The molecule has 7 heteroatoms. The van der Waals surface area contributed by atoms with Gasteiger partial charge in [-0.1, -0.05) is 29.0 Å². The van der Waals surface area contributed by atoms with Crippen LogP contribution in [0.25, 0.3) is 10.2 Å². The molecule has 30 heavy (non-hydrogen) atoms. The highest BCUT2D eigenvalue weighted by molar-refractivity contribution is 7.16. The van der Waals surface area contributed by atoms with Gasteiger partial charge in [0, 0.05) is 18.7 Å². The van der Waals surface area contributed by atoms with E-state index < -0.39 is 0 Å². The average Bonchev–Trinajstić information content (AvgIpc) is 3.05. The number of hydrogen-bond acceptors (Lipinski definition) is 5. The van der Waals surface area contributed by atoms with Crippen molar-refractivity contribution in [2.24, 2.45) is 4.99 Å². The van der Waals surface area contributed by atoms with E-state index in [1.807, 2.05) is 61.7 Å². The van der Waals surface area contributed by atoms with Crippen molar-refractivity contribution in [3.05, 3.63) is 52.3 Å². The van der Waals surface area contributed by atoms with Gasteiger partial charge < -0.3 is 18.8 Å². The van der Waals surface area contributed by atoms with Gasteiger partial charge in [-0.25, -0.2) is 0 Å². The average molecular weight is 429 g/mol. The van der Waals surface area contributed by atoms with Crippen LogP contribution in [0.1, 0.15) is 25.0 Å². The third-order valence-electron chi connectivity index (χ3n) is 4.63. The molecular weight excluding hydrogens is 400 g/mol. The molecule has 6 nitrogen and oxygen atoms in total. The molecule has 0 bridgehead atoms. The molecule has 1 heterocycles. The maximum absolute atomic E-state index is 12.8. The number of amides is 1. The van der Waals surface area contributed by atoms with Crippen molar-refractivity contribution in [1.29, 1.82) is 0 Å². The predicted molar refractivity (Wildman–Crippen MR) is 119 cm³/mol. The molecule has 0 aliphatic heterocycles. The fourth-order valence-electron chi connectivity index (χ4n) is 3.27. The van der Waals surface area contributed by atoms with Crippen LogP contribution in [0.15, 0.2) is 41.4 Å². The zero-order valence-corrected chi connectivity index (χ0v) is 18.8. The number of rotatable bonds is 9. The molecular formula is C23H28N2O4S. The molecule has 0 spiro atoms. The van der Waals surface area contributed by atoms with Crippen molar-refractivity contribution in [3.8, 4) is 11.5 Å². The van der Waals surface area contributed by atoms with Gasteiger partial charge in [0.15, 0.2) is 4.80 Å². The van der Waals surface area contributed by atoms with Gasteiger partial charge in [0.2, 0.25) is 0 Å². The minimum absolute atomic E-state index is 0.189. The minimum Gasteiger partial charge on any atom is -0.496 e. The van der Waals surface area contributed by atoms with E-state index in [1.165, 1.54) is 11.3 Å². The molecule has 0 fully saturated rings. The number of benzene rings is 2. The molecule has 2 aromatic carbocycles. The molecule has 0 aliphatic rings. The molecule has 1 aromatic heterocycles. The van der Waals surface area contributed by atoms with Crippen molar-refractivity contribution in [1.82, 2.24) is 4.57 Å². The van der Waals surface area contributed by atoms with Crippen LogP contribution in [0.3, 0.4) is 0 Å². The number of ether oxygens (including phenoxy) is 3. The van der Waals surface area contributed by atoms with Crippen molar-refractivity contribution < 1.29 is 19.0 Å². The second-order valence-corrected chi connectivity index (χ2v) is 7.80. The van der Waals surface area contributed by atoms with Crippen molar-refractivity contribution in [3.63, 3.8) is 0 Å². The molecule has 160 valence electrons. The topological polar surface area (TPSA) is 62.1 Å². The fourth-order valence-corrected chi connectivity index (χ4v) is 4.37. The summed E-state index contributed by atoms with van der Waals surface area (Å²) in [5, 5.41) is 0. The molecule has 0 saturated heterocycles. The summed E-state index contributed by atoms with van der Waals surface area (Å²) in [6, 6.07) is 11.8. The lowest BCUT2D eigenvalue weighted by molar-refractivity contribution is -0.117. The van der Waals surface area contributed by atoms with E-state index in [4.69, 9.17) is 14.2 Å². The number of aryl methyl sites for hydroxylation is 1. The lowest BCUT2D eigenvalue weighted by Crippen LogP contribution is -2.20. The Balaban J connectivity index is 1.97. The van der Waals surface area contributed by atoms with Crippen LogP contribution < -0.4 is 14.3 Å². The zero-order chi connectivity index (χ0) is 21.5. The third-order valence-corrected chi connectivity index (χ3v) is 5.67. The lowest BCUT2D eigenvalue weighted by Gasteiger charge is -2.08. The molecule has 0 atom stereocenters. The van der Waals surface area contributed by atoms with Gasteiger partial charge in [-0.15, -0.1) is 0 Å². The lowest BCUT2D eigenvalue weighted by atomic mass is 10.1. The smallest absolute Gasteiger partial charge is 0.252 e. The number of thiazole rings is 1. The quantitative estimate of drug-likeness (QED) is 0.481.